The lowest BCUT2D eigenvalue weighted by Gasteiger charge is -2.32. The molecule has 8 heteroatoms. The highest BCUT2D eigenvalue weighted by Crippen LogP contribution is 2.37. The minimum absolute atomic E-state index is 0.466. The van der Waals surface area contributed by atoms with Crippen LogP contribution in [0.4, 0.5) is 0 Å². The molecule has 26 heavy (non-hydrogen) atoms. The van der Waals surface area contributed by atoms with E-state index in [9.17, 15) is 5.26 Å². The van der Waals surface area contributed by atoms with Crippen LogP contribution < -0.4 is 5.46 Å². The molecule has 0 amide bonds. The first kappa shape index (κ1) is 16.8. The number of aryl methyl sites for hydroxylation is 1. The van der Waals surface area contributed by atoms with Crippen molar-refractivity contribution < 1.29 is 9.31 Å². The highest BCUT2D eigenvalue weighted by atomic mass is 16.7. The molecule has 7 nitrogen and oxygen atoms in total. The van der Waals surface area contributed by atoms with E-state index in [-0.39, 0.29) is 0 Å². The summed E-state index contributed by atoms with van der Waals surface area (Å²) in [5.41, 5.74) is 2.95. The Morgan fingerprint density at radius 3 is 2.31 bits per heavy atom. The number of nitriles is 1. The fourth-order valence-corrected chi connectivity index (χ4v) is 3.11. The minimum Gasteiger partial charge on any atom is -0.399 e. The second-order valence-electron chi connectivity index (χ2n) is 7.64. The third-order valence-electron chi connectivity index (χ3n) is 5.31. The van der Waals surface area contributed by atoms with E-state index in [1.807, 2.05) is 53.2 Å². The van der Waals surface area contributed by atoms with Crippen molar-refractivity contribution in [3.8, 4) is 17.2 Å². The van der Waals surface area contributed by atoms with Crippen molar-refractivity contribution in [2.24, 2.45) is 7.05 Å². The Hall–Kier alpha value is -2.63. The lowest BCUT2D eigenvalue weighted by atomic mass is 9.77. The number of fused-ring (bicyclic) bond motifs is 1. The first-order valence-corrected chi connectivity index (χ1v) is 8.48. The highest BCUT2D eigenvalue weighted by Gasteiger charge is 2.52. The Kier molecular flexibility index (Phi) is 3.52. The Morgan fingerprint density at radius 1 is 1.04 bits per heavy atom. The monoisotopic (exact) mass is 349 g/mol. The van der Waals surface area contributed by atoms with E-state index in [1.165, 1.54) is 0 Å². The molecule has 0 radical (unpaired) electrons. The van der Waals surface area contributed by atoms with Crippen LogP contribution in [-0.4, -0.2) is 37.7 Å². The maximum Gasteiger partial charge on any atom is 0.497 e. The average Bonchev–Trinajstić information content (AvgIpc) is 3.23. The van der Waals surface area contributed by atoms with Crippen LogP contribution in [0.15, 0.2) is 30.9 Å². The van der Waals surface area contributed by atoms with Gasteiger partial charge in [-0.05, 0) is 27.7 Å². The van der Waals surface area contributed by atoms with Crippen molar-refractivity contribution in [2.45, 2.75) is 38.9 Å². The Morgan fingerprint density at radius 2 is 1.73 bits per heavy atom. The molecular weight excluding hydrogens is 329 g/mol. The molecule has 3 aromatic heterocycles. The third-order valence-corrected chi connectivity index (χ3v) is 5.31. The molecule has 132 valence electrons. The summed E-state index contributed by atoms with van der Waals surface area (Å²) in [7, 11) is 1.29. The van der Waals surface area contributed by atoms with Crippen molar-refractivity contribution in [1.29, 1.82) is 5.26 Å². The number of hydrogen-bond acceptors (Lipinski definition) is 5. The fourth-order valence-electron chi connectivity index (χ4n) is 3.11. The van der Waals surface area contributed by atoms with Gasteiger partial charge in [0.05, 0.1) is 34.7 Å². The molecule has 1 aliphatic heterocycles. The van der Waals surface area contributed by atoms with E-state index in [0.717, 1.165) is 16.6 Å². The van der Waals surface area contributed by atoms with Crippen molar-refractivity contribution in [1.82, 2.24) is 19.4 Å². The fraction of sp³-hybridized carbons (Fsp3) is 0.389. The summed E-state index contributed by atoms with van der Waals surface area (Å²) in [6.45, 7) is 8.04. The Labute approximate surface area is 152 Å². The highest BCUT2D eigenvalue weighted by molar-refractivity contribution is 6.64. The number of rotatable bonds is 2. The summed E-state index contributed by atoms with van der Waals surface area (Å²) in [6.07, 6.45) is 7.19. The molecule has 0 spiro atoms. The van der Waals surface area contributed by atoms with E-state index >= 15 is 0 Å². The van der Waals surface area contributed by atoms with E-state index in [0.29, 0.717) is 11.1 Å². The maximum atomic E-state index is 9.49. The SMILES string of the molecule is Cn1cc(-c2cc(B3OC(C)(C)C(C)(C)O3)c3c(C#N)cnn3c2)cn1. The van der Waals surface area contributed by atoms with E-state index < -0.39 is 18.3 Å². The van der Waals surface area contributed by atoms with Crippen LogP contribution in [0.25, 0.3) is 16.6 Å². The summed E-state index contributed by atoms with van der Waals surface area (Å²) in [4.78, 5) is 0. The molecule has 1 saturated heterocycles. The van der Waals surface area contributed by atoms with Gasteiger partial charge in [-0.3, -0.25) is 4.68 Å². The van der Waals surface area contributed by atoms with Crippen LogP contribution in [-0.2, 0) is 16.4 Å². The molecule has 1 fully saturated rings. The number of hydrogen-bond donors (Lipinski definition) is 0. The van der Waals surface area contributed by atoms with Gasteiger partial charge in [0.2, 0.25) is 0 Å². The van der Waals surface area contributed by atoms with Gasteiger partial charge in [-0.15, -0.1) is 0 Å². The molecule has 3 aromatic rings. The molecule has 0 unspecified atom stereocenters. The minimum atomic E-state index is -0.581. The second kappa shape index (κ2) is 5.43. The summed E-state index contributed by atoms with van der Waals surface area (Å²) in [5, 5.41) is 18.1. The van der Waals surface area contributed by atoms with Crippen molar-refractivity contribution >= 4 is 18.1 Å². The maximum absolute atomic E-state index is 9.49. The zero-order valence-corrected chi connectivity index (χ0v) is 15.5. The Bertz CT molecular complexity index is 1030. The van der Waals surface area contributed by atoms with Crippen molar-refractivity contribution in [3.63, 3.8) is 0 Å². The first-order chi connectivity index (χ1) is 12.2. The van der Waals surface area contributed by atoms with Crippen LogP contribution in [0.2, 0.25) is 0 Å². The van der Waals surface area contributed by atoms with Gasteiger partial charge in [-0.2, -0.15) is 15.5 Å². The largest absolute Gasteiger partial charge is 0.497 e. The lowest BCUT2D eigenvalue weighted by Crippen LogP contribution is -2.41. The van der Waals surface area contributed by atoms with Gasteiger partial charge in [-0.1, -0.05) is 6.07 Å². The van der Waals surface area contributed by atoms with Gasteiger partial charge in [0, 0.05) is 36.0 Å². The van der Waals surface area contributed by atoms with Gasteiger partial charge in [0.1, 0.15) is 6.07 Å². The first-order valence-electron chi connectivity index (χ1n) is 8.48. The van der Waals surface area contributed by atoms with Gasteiger partial charge in [0.15, 0.2) is 0 Å². The van der Waals surface area contributed by atoms with Gasteiger partial charge in [-0.25, -0.2) is 4.52 Å². The van der Waals surface area contributed by atoms with Gasteiger partial charge < -0.3 is 9.31 Å². The van der Waals surface area contributed by atoms with Crippen LogP contribution in [0, 0.1) is 11.3 Å². The second-order valence-corrected chi connectivity index (χ2v) is 7.64. The quantitative estimate of drug-likeness (QED) is 0.661. The number of aromatic nitrogens is 4. The lowest BCUT2D eigenvalue weighted by molar-refractivity contribution is 0.00578. The zero-order valence-electron chi connectivity index (χ0n) is 15.5. The molecule has 0 bridgehead atoms. The normalized spacial score (nSPS) is 18.4. The summed E-state index contributed by atoms with van der Waals surface area (Å²) in [5.74, 6) is 0. The van der Waals surface area contributed by atoms with Crippen LogP contribution in [0.5, 0.6) is 0 Å². The molecular formula is C18H20BN5O2. The van der Waals surface area contributed by atoms with Gasteiger partial charge in [0.25, 0.3) is 0 Å². The predicted molar refractivity (Wildman–Crippen MR) is 97.8 cm³/mol. The average molecular weight is 349 g/mol. The predicted octanol–water partition coefficient (Wildman–Crippen LogP) is 1.91. The molecule has 0 aromatic carbocycles. The molecule has 0 atom stereocenters. The van der Waals surface area contributed by atoms with Crippen LogP contribution >= 0.6 is 0 Å². The summed E-state index contributed by atoms with van der Waals surface area (Å²) in [6, 6.07) is 4.20. The van der Waals surface area contributed by atoms with E-state index in [1.54, 1.807) is 21.6 Å². The molecule has 0 N–H and O–H groups in total. The van der Waals surface area contributed by atoms with Gasteiger partial charge >= 0.3 is 7.12 Å². The Balaban J connectivity index is 1.92. The number of nitrogens with zero attached hydrogens (tertiary/aromatic N) is 5. The smallest absolute Gasteiger partial charge is 0.399 e. The molecule has 4 heterocycles. The standard InChI is InChI=1S/C18H20BN5O2/c1-17(2)18(3,4)26-19(25-17)15-6-12(14-9-21-23(5)10-14)11-24-16(15)13(7-20)8-22-24/h6,8-11H,1-5H3. The van der Waals surface area contributed by atoms with E-state index in [2.05, 4.69) is 16.3 Å². The van der Waals surface area contributed by atoms with Crippen molar-refractivity contribution in [3.05, 3.63) is 36.4 Å². The summed E-state index contributed by atoms with van der Waals surface area (Å²) < 4.78 is 15.9. The molecule has 0 saturated carbocycles. The van der Waals surface area contributed by atoms with E-state index in [4.69, 9.17) is 9.31 Å². The molecule has 4 rings (SSSR count). The summed E-state index contributed by atoms with van der Waals surface area (Å²) >= 11 is 0. The molecule has 0 aliphatic carbocycles. The molecule has 1 aliphatic rings. The van der Waals surface area contributed by atoms with Crippen molar-refractivity contribution in [2.75, 3.05) is 0 Å². The third kappa shape index (κ3) is 2.43. The van der Waals surface area contributed by atoms with Crippen LogP contribution in [0.3, 0.4) is 0 Å². The van der Waals surface area contributed by atoms with Crippen LogP contribution in [0.1, 0.15) is 33.3 Å². The topological polar surface area (TPSA) is 77.4 Å². The number of pyridine rings is 1. The zero-order chi connectivity index (χ0) is 18.7.